The average molecular weight is 166 g/mol. The van der Waals surface area contributed by atoms with E-state index in [0.717, 1.165) is 18.7 Å². The van der Waals surface area contributed by atoms with Crippen LogP contribution in [-0.2, 0) is 6.54 Å². The minimum atomic E-state index is 0.830. The topological polar surface area (TPSA) is 45.3 Å². The molecule has 4 heteroatoms. The number of nitrogens with one attached hydrogen (secondary N) is 1. The molecule has 0 saturated carbocycles. The van der Waals surface area contributed by atoms with Gasteiger partial charge in [0.2, 0.25) is 17.7 Å². The van der Waals surface area contributed by atoms with E-state index in [2.05, 4.69) is 17.5 Å². The largest absolute Gasteiger partial charge is 0.313 e. The molecular weight excluding hydrogens is 154 g/mol. The van der Waals surface area contributed by atoms with E-state index in [1.807, 2.05) is 12.1 Å². The van der Waals surface area contributed by atoms with Gasteiger partial charge in [-0.15, -0.1) is 0 Å². The number of pyridine rings is 1. The Morgan fingerprint density at radius 3 is 2.67 bits per heavy atom. The average Bonchev–Trinajstić information content (AvgIpc) is 2.15. The van der Waals surface area contributed by atoms with Crippen LogP contribution in [0.4, 0.5) is 0 Å². The molecule has 1 N–H and O–H groups in total. The Kier molecular flexibility index (Phi) is 3.35. The summed E-state index contributed by atoms with van der Waals surface area (Å²) in [5.74, 6) is 0. The lowest BCUT2D eigenvalue weighted by Crippen LogP contribution is -2.25. The van der Waals surface area contributed by atoms with Gasteiger partial charge in [0, 0.05) is 18.7 Å². The van der Waals surface area contributed by atoms with E-state index < -0.39 is 0 Å². The van der Waals surface area contributed by atoms with Crippen molar-refractivity contribution >= 4 is 0 Å². The molecule has 0 atom stereocenters. The van der Waals surface area contributed by atoms with Crippen LogP contribution in [0.2, 0.25) is 0 Å². The molecule has 0 radical (unpaired) electrons. The predicted molar refractivity (Wildman–Crippen MR) is 45.2 cm³/mol. The van der Waals surface area contributed by atoms with Crippen LogP contribution in [0.5, 0.6) is 0 Å². The van der Waals surface area contributed by atoms with E-state index in [0.29, 0.717) is 0 Å². The first kappa shape index (κ1) is 8.80. The number of aromatic nitrogens is 1. The Labute approximate surface area is 71.2 Å². The molecule has 4 nitrogen and oxygen atoms in total. The lowest BCUT2D eigenvalue weighted by Gasteiger charge is -1.97. The van der Waals surface area contributed by atoms with Crippen molar-refractivity contribution < 1.29 is 4.68 Å². The molecule has 1 rings (SSSR count). The molecule has 64 valence electrons. The molecule has 0 spiro atoms. The second kappa shape index (κ2) is 4.56. The Morgan fingerprint density at radius 1 is 1.50 bits per heavy atom. The first-order valence-electron chi connectivity index (χ1n) is 3.91. The third-order valence-electron chi connectivity index (χ3n) is 1.56. The molecule has 0 aliphatic carbocycles. The van der Waals surface area contributed by atoms with Crippen LogP contribution in [-0.4, -0.2) is 6.54 Å². The molecule has 0 aliphatic heterocycles. The van der Waals surface area contributed by atoms with Crippen molar-refractivity contribution in [1.29, 1.82) is 0 Å². The van der Waals surface area contributed by atoms with Crippen molar-refractivity contribution in [2.45, 2.75) is 13.5 Å². The lowest BCUT2D eigenvalue weighted by atomic mass is 10.3. The fourth-order valence-electron chi connectivity index (χ4n) is 0.891. The van der Waals surface area contributed by atoms with Gasteiger partial charge in [0.15, 0.2) is 0 Å². The number of hydrogen-bond donors (Lipinski definition) is 1. The molecular formula is C8H12N3O+. The highest BCUT2D eigenvalue weighted by atomic mass is 16.3. The van der Waals surface area contributed by atoms with E-state index in [9.17, 15) is 4.91 Å². The Bertz CT molecular complexity index is 245. The summed E-state index contributed by atoms with van der Waals surface area (Å²) in [7, 11) is 0. The maximum atomic E-state index is 10.0. The molecule has 1 aromatic heterocycles. The van der Waals surface area contributed by atoms with E-state index in [4.69, 9.17) is 0 Å². The van der Waals surface area contributed by atoms with Gasteiger partial charge >= 0.3 is 0 Å². The third kappa shape index (κ3) is 2.39. The summed E-state index contributed by atoms with van der Waals surface area (Å²) < 4.78 is 1.23. The quantitative estimate of drug-likeness (QED) is 0.526. The van der Waals surface area contributed by atoms with Gasteiger partial charge in [-0.1, -0.05) is 11.8 Å². The zero-order valence-electron chi connectivity index (χ0n) is 7.03. The van der Waals surface area contributed by atoms with Crippen LogP contribution in [0, 0.1) is 4.91 Å². The summed E-state index contributed by atoms with van der Waals surface area (Å²) in [5, 5.41) is 5.92. The lowest BCUT2D eigenvalue weighted by molar-refractivity contribution is -0.681. The summed E-state index contributed by atoms with van der Waals surface area (Å²) in [5.41, 5.74) is 1.15. The molecule has 1 heterocycles. The van der Waals surface area contributed by atoms with Gasteiger partial charge in [-0.25, -0.2) is 0 Å². The molecule has 0 amide bonds. The van der Waals surface area contributed by atoms with Gasteiger partial charge in [-0.3, -0.25) is 0 Å². The van der Waals surface area contributed by atoms with Gasteiger partial charge in [-0.05, 0) is 16.8 Å². The first-order chi connectivity index (χ1) is 5.86. The van der Waals surface area contributed by atoms with Crippen molar-refractivity contribution in [3.8, 4) is 0 Å². The van der Waals surface area contributed by atoms with Crippen molar-refractivity contribution in [2.24, 2.45) is 5.29 Å². The van der Waals surface area contributed by atoms with Crippen LogP contribution in [0.25, 0.3) is 0 Å². The maximum Gasteiger partial charge on any atom is 0.245 e. The normalized spacial score (nSPS) is 9.75. The molecule has 0 bridgehead atoms. The van der Waals surface area contributed by atoms with E-state index in [1.54, 1.807) is 12.4 Å². The Morgan fingerprint density at radius 2 is 2.17 bits per heavy atom. The molecule has 1 aromatic rings. The minimum absolute atomic E-state index is 0.830. The van der Waals surface area contributed by atoms with Gasteiger partial charge in [0.25, 0.3) is 0 Å². The zero-order valence-corrected chi connectivity index (χ0v) is 7.03. The van der Waals surface area contributed by atoms with Crippen molar-refractivity contribution in [2.75, 3.05) is 6.54 Å². The number of hydrogen-bond acceptors (Lipinski definition) is 3. The van der Waals surface area contributed by atoms with Crippen LogP contribution in [0.15, 0.2) is 29.8 Å². The zero-order chi connectivity index (χ0) is 8.81. The fourth-order valence-corrected chi connectivity index (χ4v) is 0.891. The third-order valence-corrected chi connectivity index (χ3v) is 1.56. The second-order valence-electron chi connectivity index (χ2n) is 2.45. The summed E-state index contributed by atoms with van der Waals surface area (Å²) in [6.07, 6.45) is 3.28. The van der Waals surface area contributed by atoms with E-state index in [-0.39, 0.29) is 0 Å². The fraction of sp³-hybridized carbons (Fsp3) is 0.375. The van der Waals surface area contributed by atoms with E-state index >= 15 is 0 Å². The summed E-state index contributed by atoms with van der Waals surface area (Å²) in [6.45, 7) is 3.83. The molecule has 0 fully saturated rings. The van der Waals surface area contributed by atoms with E-state index in [1.165, 1.54) is 4.68 Å². The Hall–Kier alpha value is -1.29. The summed E-state index contributed by atoms with van der Waals surface area (Å²) in [6, 6.07) is 3.73. The molecule has 0 aromatic carbocycles. The van der Waals surface area contributed by atoms with Gasteiger partial charge < -0.3 is 5.32 Å². The predicted octanol–water partition coefficient (Wildman–Crippen LogP) is 0.613. The molecule has 0 unspecified atom stereocenters. The van der Waals surface area contributed by atoms with Gasteiger partial charge in [-0.2, -0.15) is 0 Å². The molecule has 0 aliphatic rings. The maximum absolute atomic E-state index is 10.0. The second-order valence-corrected chi connectivity index (χ2v) is 2.45. The smallest absolute Gasteiger partial charge is 0.245 e. The van der Waals surface area contributed by atoms with Gasteiger partial charge in [0.1, 0.15) is 0 Å². The van der Waals surface area contributed by atoms with Crippen LogP contribution in [0.3, 0.4) is 0 Å². The minimum Gasteiger partial charge on any atom is -0.313 e. The number of rotatable bonds is 4. The standard InChI is InChI=1S/C8H12N3O/c1-2-9-7-8-3-5-11(10-12)6-4-8/h3-6,9H,2,7H2,1H3/q+1. The highest BCUT2D eigenvalue weighted by Gasteiger charge is 1.98. The SMILES string of the molecule is CCNCc1cc[n+](N=O)cc1. The van der Waals surface area contributed by atoms with Crippen molar-refractivity contribution in [3.05, 3.63) is 35.0 Å². The Balaban J connectivity index is 2.58. The summed E-state index contributed by atoms with van der Waals surface area (Å²) in [4.78, 5) is 10.0. The highest BCUT2D eigenvalue weighted by molar-refractivity contribution is 5.06. The number of nitrogens with zero attached hydrogens (tertiary/aromatic N) is 2. The monoisotopic (exact) mass is 166 g/mol. The molecule has 0 saturated heterocycles. The van der Waals surface area contributed by atoms with Crippen LogP contribution < -0.4 is 9.99 Å². The molecule has 12 heavy (non-hydrogen) atoms. The van der Waals surface area contributed by atoms with Crippen molar-refractivity contribution in [1.82, 2.24) is 5.32 Å². The summed E-state index contributed by atoms with van der Waals surface area (Å²) >= 11 is 0. The van der Waals surface area contributed by atoms with Crippen LogP contribution in [0.1, 0.15) is 12.5 Å². The first-order valence-corrected chi connectivity index (χ1v) is 3.91. The van der Waals surface area contributed by atoms with Crippen molar-refractivity contribution in [3.63, 3.8) is 0 Å². The van der Waals surface area contributed by atoms with Crippen LogP contribution >= 0.6 is 0 Å². The van der Waals surface area contributed by atoms with Gasteiger partial charge in [0.05, 0.1) is 0 Å². The number of nitroso groups, excluding NO2 is 1. The highest BCUT2D eigenvalue weighted by Crippen LogP contribution is 1.93.